The number of alkyl halides is 3. The molecule has 4 aromatic rings. The van der Waals surface area contributed by atoms with Gasteiger partial charge < -0.3 is 9.84 Å². The van der Waals surface area contributed by atoms with Crippen LogP contribution in [0.1, 0.15) is 29.5 Å². The highest BCUT2D eigenvalue weighted by Gasteiger charge is 2.59. The Morgan fingerprint density at radius 1 is 1.03 bits per heavy atom. The summed E-state index contributed by atoms with van der Waals surface area (Å²) < 4.78 is 65.5. The summed E-state index contributed by atoms with van der Waals surface area (Å²) in [5.41, 5.74) is -3.56. The van der Waals surface area contributed by atoms with Crippen molar-refractivity contribution in [2.24, 2.45) is 14.1 Å². The standard InChI is InChI=1S/C26H20ClF4N3O3/c1-14(18-7-6-17(12-19(18)27)37-23-9-4-15(13-32)10-20(23)28)25(36,26(29,30)31)16-5-8-21-22(11-16)34(3)24(35)33(21)2/h4-12,14,36H,1-3H3. The Balaban J connectivity index is 1.75. The number of rotatable bonds is 5. The van der Waals surface area contributed by atoms with Crippen LogP contribution < -0.4 is 10.4 Å². The Labute approximate surface area is 213 Å². The molecule has 1 N–H and O–H groups in total. The van der Waals surface area contributed by atoms with Gasteiger partial charge in [0.25, 0.3) is 0 Å². The van der Waals surface area contributed by atoms with Gasteiger partial charge in [-0.15, -0.1) is 0 Å². The smallest absolute Gasteiger partial charge is 0.422 e. The van der Waals surface area contributed by atoms with Crippen molar-refractivity contribution in [1.82, 2.24) is 9.13 Å². The largest absolute Gasteiger partial charge is 0.454 e. The second kappa shape index (κ2) is 9.25. The topological polar surface area (TPSA) is 80.2 Å². The Kier molecular flexibility index (Phi) is 6.56. The lowest BCUT2D eigenvalue weighted by Gasteiger charge is -2.37. The summed E-state index contributed by atoms with van der Waals surface area (Å²) in [6.45, 7) is 1.18. The van der Waals surface area contributed by atoms with Gasteiger partial charge in [-0.25, -0.2) is 9.18 Å². The lowest BCUT2D eigenvalue weighted by atomic mass is 9.77. The van der Waals surface area contributed by atoms with Crippen molar-refractivity contribution in [2.75, 3.05) is 0 Å². The molecule has 0 radical (unpaired) electrons. The van der Waals surface area contributed by atoms with E-state index in [1.165, 1.54) is 66.6 Å². The zero-order valence-electron chi connectivity index (χ0n) is 19.8. The average Bonchev–Trinajstić information content (AvgIpc) is 3.07. The fourth-order valence-corrected chi connectivity index (χ4v) is 4.66. The third-order valence-electron chi connectivity index (χ3n) is 6.50. The molecule has 0 aliphatic heterocycles. The first-order valence-electron chi connectivity index (χ1n) is 10.9. The highest BCUT2D eigenvalue weighted by Crippen LogP contribution is 2.50. The van der Waals surface area contributed by atoms with Gasteiger partial charge in [-0.2, -0.15) is 18.4 Å². The molecule has 4 rings (SSSR count). The maximum atomic E-state index is 14.5. The molecule has 0 saturated carbocycles. The van der Waals surface area contributed by atoms with Gasteiger partial charge in [0, 0.05) is 25.0 Å². The third-order valence-corrected chi connectivity index (χ3v) is 6.83. The van der Waals surface area contributed by atoms with E-state index in [-0.39, 0.29) is 33.2 Å². The van der Waals surface area contributed by atoms with Crippen LogP contribution in [0, 0.1) is 17.1 Å². The molecule has 192 valence electrons. The zero-order valence-corrected chi connectivity index (χ0v) is 20.5. The number of aryl methyl sites for hydroxylation is 2. The fraction of sp³-hybridized carbons (Fsp3) is 0.231. The van der Waals surface area contributed by atoms with Crippen LogP contribution in [-0.4, -0.2) is 20.4 Å². The first-order valence-corrected chi connectivity index (χ1v) is 11.3. The molecule has 0 aliphatic rings. The number of hydrogen-bond donors (Lipinski definition) is 1. The molecular weight excluding hydrogens is 514 g/mol. The summed E-state index contributed by atoms with van der Waals surface area (Å²) in [4.78, 5) is 12.2. The van der Waals surface area contributed by atoms with E-state index in [1.807, 2.05) is 0 Å². The van der Waals surface area contributed by atoms with Crippen LogP contribution in [0.2, 0.25) is 5.02 Å². The molecule has 2 unspecified atom stereocenters. The predicted molar refractivity (Wildman–Crippen MR) is 129 cm³/mol. The van der Waals surface area contributed by atoms with E-state index in [4.69, 9.17) is 21.6 Å². The zero-order chi connectivity index (χ0) is 27.3. The van der Waals surface area contributed by atoms with Gasteiger partial charge in [0.15, 0.2) is 17.2 Å². The van der Waals surface area contributed by atoms with Crippen LogP contribution in [0.5, 0.6) is 11.5 Å². The van der Waals surface area contributed by atoms with Crippen molar-refractivity contribution in [3.05, 3.63) is 92.6 Å². The van der Waals surface area contributed by atoms with E-state index in [0.717, 1.165) is 18.2 Å². The van der Waals surface area contributed by atoms with Gasteiger partial charge in [0.05, 0.1) is 22.7 Å². The molecule has 1 heterocycles. The van der Waals surface area contributed by atoms with Gasteiger partial charge in [-0.3, -0.25) is 9.13 Å². The third kappa shape index (κ3) is 4.34. The van der Waals surface area contributed by atoms with Gasteiger partial charge in [0.1, 0.15) is 5.75 Å². The van der Waals surface area contributed by atoms with E-state index in [1.54, 1.807) is 6.07 Å². The van der Waals surface area contributed by atoms with Crippen molar-refractivity contribution in [1.29, 1.82) is 5.26 Å². The van der Waals surface area contributed by atoms with Crippen LogP contribution in [-0.2, 0) is 19.7 Å². The maximum absolute atomic E-state index is 14.5. The van der Waals surface area contributed by atoms with Crippen LogP contribution in [0.25, 0.3) is 11.0 Å². The molecule has 2 atom stereocenters. The molecule has 37 heavy (non-hydrogen) atoms. The quantitative estimate of drug-likeness (QED) is 0.325. The molecule has 6 nitrogen and oxygen atoms in total. The lowest BCUT2D eigenvalue weighted by Crippen LogP contribution is -2.46. The van der Waals surface area contributed by atoms with E-state index >= 15 is 0 Å². The Hall–Kier alpha value is -3.81. The number of ether oxygens (including phenoxy) is 1. The molecule has 0 saturated heterocycles. The van der Waals surface area contributed by atoms with E-state index in [9.17, 15) is 27.5 Å². The minimum absolute atomic E-state index is 0.0313. The van der Waals surface area contributed by atoms with Crippen molar-refractivity contribution in [3.8, 4) is 17.6 Å². The van der Waals surface area contributed by atoms with Gasteiger partial charge in [-0.1, -0.05) is 30.7 Å². The molecule has 0 spiro atoms. The van der Waals surface area contributed by atoms with E-state index in [0.29, 0.717) is 5.52 Å². The summed E-state index contributed by atoms with van der Waals surface area (Å²) in [6, 6.07) is 12.8. The van der Waals surface area contributed by atoms with Gasteiger partial charge in [-0.05, 0) is 53.6 Å². The monoisotopic (exact) mass is 533 g/mol. The predicted octanol–water partition coefficient (Wildman–Crippen LogP) is 5.89. The number of benzene rings is 3. The summed E-state index contributed by atoms with van der Waals surface area (Å²) >= 11 is 6.32. The summed E-state index contributed by atoms with van der Waals surface area (Å²) in [5.74, 6) is -2.55. The van der Waals surface area contributed by atoms with Gasteiger partial charge in [0.2, 0.25) is 0 Å². The number of nitriles is 1. The Morgan fingerprint density at radius 3 is 2.30 bits per heavy atom. The number of hydrogen-bond acceptors (Lipinski definition) is 4. The molecular formula is C26H20ClF4N3O3. The molecule has 3 aromatic carbocycles. The van der Waals surface area contributed by atoms with Gasteiger partial charge >= 0.3 is 11.9 Å². The lowest BCUT2D eigenvalue weighted by molar-refractivity contribution is -0.274. The number of aliphatic hydroxyl groups is 1. The number of fused-ring (bicyclic) bond motifs is 1. The second-order valence-corrected chi connectivity index (χ2v) is 9.04. The second-order valence-electron chi connectivity index (χ2n) is 8.63. The van der Waals surface area contributed by atoms with Crippen molar-refractivity contribution in [2.45, 2.75) is 24.6 Å². The summed E-state index contributed by atoms with van der Waals surface area (Å²) in [6.07, 6.45) is -5.11. The van der Waals surface area contributed by atoms with E-state index in [2.05, 4.69) is 0 Å². The molecule has 0 amide bonds. The highest BCUT2D eigenvalue weighted by molar-refractivity contribution is 6.31. The molecule has 1 aromatic heterocycles. The molecule has 0 fully saturated rings. The number of aromatic nitrogens is 2. The molecule has 11 heteroatoms. The van der Waals surface area contributed by atoms with Crippen LogP contribution in [0.15, 0.2) is 59.4 Å². The summed E-state index contributed by atoms with van der Waals surface area (Å²) in [5, 5.41) is 19.9. The fourth-order valence-electron chi connectivity index (χ4n) is 4.33. The average molecular weight is 534 g/mol. The van der Waals surface area contributed by atoms with Crippen LogP contribution in [0.4, 0.5) is 17.6 Å². The minimum Gasteiger partial charge on any atom is -0.454 e. The van der Waals surface area contributed by atoms with Crippen molar-refractivity contribution < 1.29 is 27.4 Å². The number of halogens is 5. The highest BCUT2D eigenvalue weighted by atomic mass is 35.5. The molecule has 0 aliphatic carbocycles. The van der Waals surface area contributed by atoms with Crippen molar-refractivity contribution in [3.63, 3.8) is 0 Å². The maximum Gasteiger partial charge on any atom is 0.422 e. The van der Waals surface area contributed by atoms with E-state index < -0.39 is 34.8 Å². The van der Waals surface area contributed by atoms with Crippen LogP contribution >= 0.6 is 11.6 Å². The minimum atomic E-state index is -5.11. The number of imidazole rings is 1. The Bertz CT molecular complexity index is 1620. The molecule has 0 bridgehead atoms. The summed E-state index contributed by atoms with van der Waals surface area (Å²) in [7, 11) is 2.92. The van der Waals surface area contributed by atoms with Crippen molar-refractivity contribution >= 4 is 22.6 Å². The normalized spacial score (nSPS) is 14.3. The first-order chi connectivity index (χ1) is 17.3. The number of nitrogens with zero attached hydrogens (tertiary/aromatic N) is 3. The first kappa shape index (κ1) is 26.3. The SMILES string of the molecule is CC(c1ccc(Oc2ccc(C#N)cc2F)cc1Cl)C(O)(c1ccc2c(c1)n(C)c(=O)n2C)C(F)(F)F. The van der Waals surface area contributed by atoms with Crippen LogP contribution in [0.3, 0.4) is 0 Å². The Morgan fingerprint density at radius 2 is 1.70 bits per heavy atom.